The van der Waals surface area contributed by atoms with E-state index < -0.39 is 0 Å². The van der Waals surface area contributed by atoms with Gasteiger partial charge in [-0.1, -0.05) is 93.2 Å². The number of unbranched alkanes of at least 4 members (excludes halogenated alkanes) is 7. The lowest BCUT2D eigenvalue weighted by atomic mass is 9.97. The first-order valence-corrected chi connectivity index (χ1v) is 14.7. The highest BCUT2D eigenvalue weighted by Crippen LogP contribution is 2.30. The van der Waals surface area contributed by atoms with Crippen molar-refractivity contribution in [2.45, 2.75) is 57.5 Å². The van der Waals surface area contributed by atoms with Gasteiger partial charge in [0.25, 0.3) is 0 Å². The fourth-order valence-electron chi connectivity index (χ4n) is 4.05. The van der Waals surface area contributed by atoms with Crippen LogP contribution >= 0.6 is 12.6 Å². The topological polar surface area (TPSA) is 46.2 Å². The molecule has 2 rings (SSSR count). The van der Waals surface area contributed by atoms with E-state index in [4.69, 9.17) is 23.7 Å². The molecule has 0 saturated carbocycles. The summed E-state index contributed by atoms with van der Waals surface area (Å²) in [4.78, 5) is 0. The van der Waals surface area contributed by atoms with Crippen LogP contribution in [0.15, 0.2) is 67.0 Å². The molecular weight excluding hydrogens is 484 g/mol. The Kier molecular flexibility index (Phi) is 20.1. The smallest absolute Gasteiger partial charge is 0.132 e. The summed E-state index contributed by atoms with van der Waals surface area (Å²) in [5, 5.41) is 0. The number of hydrogen-bond donors (Lipinski definition) is 1. The van der Waals surface area contributed by atoms with Crippen LogP contribution in [0, 0.1) is 5.92 Å². The molecule has 0 spiro atoms. The summed E-state index contributed by atoms with van der Waals surface area (Å²) >= 11 is 4.25. The molecule has 0 heterocycles. The molecule has 208 valence electrons. The zero-order valence-electron chi connectivity index (χ0n) is 22.5. The Morgan fingerprint density at radius 3 is 1.81 bits per heavy atom. The van der Waals surface area contributed by atoms with Crippen molar-refractivity contribution < 1.29 is 23.7 Å². The van der Waals surface area contributed by atoms with Gasteiger partial charge in [-0.25, -0.2) is 0 Å². The molecule has 0 bridgehead atoms. The van der Waals surface area contributed by atoms with Gasteiger partial charge in [0.2, 0.25) is 0 Å². The van der Waals surface area contributed by atoms with Crippen LogP contribution in [0.25, 0.3) is 0 Å². The molecule has 1 atom stereocenters. The first kappa shape index (κ1) is 31.6. The summed E-state index contributed by atoms with van der Waals surface area (Å²) in [5.74, 6) is 1.26. The van der Waals surface area contributed by atoms with Crippen molar-refractivity contribution in [2.24, 2.45) is 5.92 Å². The molecule has 0 aliphatic heterocycles. The van der Waals surface area contributed by atoms with E-state index in [2.05, 4.69) is 49.1 Å². The van der Waals surface area contributed by atoms with Crippen LogP contribution in [-0.4, -0.2) is 58.6 Å². The Labute approximate surface area is 230 Å². The maximum Gasteiger partial charge on any atom is 0.132 e. The lowest BCUT2D eigenvalue weighted by Crippen LogP contribution is -2.12. The van der Waals surface area contributed by atoms with Crippen LogP contribution in [0.1, 0.15) is 63.0 Å². The fraction of sp³-hybridized carbons (Fsp3) is 0.613. The standard InChI is InChI=1S/C31H48O5S/c37-28-13-6-4-2-1-3-5-12-19-32-22-24-34-26-27-35-25-23-33-20-14-21-36-31(30-17-10-11-18-30)29-15-8-7-9-16-29/h7-11,14-18,21,30-31,37H,1-6,12-13,19-20,22-28H2/b21-14+. The number of benzene rings is 1. The summed E-state index contributed by atoms with van der Waals surface area (Å²) in [5.41, 5.74) is 1.16. The van der Waals surface area contributed by atoms with Crippen molar-refractivity contribution in [3.63, 3.8) is 0 Å². The highest BCUT2D eigenvalue weighted by atomic mass is 32.1. The van der Waals surface area contributed by atoms with Gasteiger partial charge >= 0.3 is 0 Å². The molecule has 0 aromatic heterocycles. The van der Waals surface area contributed by atoms with Crippen LogP contribution in [0.4, 0.5) is 0 Å². The predicted molar refractivity (Wildman–Crippen MR) is 155 cm³/mol. The third kappa shape index (κ3) is 16.8. The Morgan fingerprint density at radius 1 is 0.649 bits per heavy atom. The first-order chi connectivity index (χ1) is 18.4. The van der Waals surface area contributed by atoms with E-state index in [0.717, 1.165) is 24.3 Å². The minimum atomic E-state index is -0.0332. The molecule has 0 amide bonds. The lowest BCUT2D eigenvalue weighted by molar-refractivity contribution is 0.000317. The third-order valence-electron chi connectivity index (χ3n) is 6.10. The van der Waals surface area contributed by atoms with E-state index in [0.29, 0.717) is 46.2 Å². The molecule has 1 aromatic rings. The molecule has 37 heavy (non-hydrogen) atoms. The highest BCUT2D eigenvalue weighted by Gasteiger charge is 2.20. The van der Waals surface area contributed by atoms with Crippen LogP contribution in [-0.2, 0) is 23.7 Å². The maximum absolute atomic E-state index is 6.03. The molecule has 1 aliphatic carbocycles. The average molecular weight is 533 g/mol. The van der Waals surface area contributed by atoms with E-state index >= 15 is 0 Å². The molecule has 1 unspecified atom stereocenters. The number of ether oxygens (including phenoxy) is 5. The Bertz CT molecular complexity index is 710. The summed E-state index contributed by atoms with van der Waals surface area (Å²) in [6, 6.07) is 10.3. The van der Waals surface area contributed by atoms with E-state index in [-0.39, 0.29) is 12.0 Å². The predicted octanol–water partition coefficient (Wildman–Crippen LogP) is 7.12. The molecule has 1 aromatic carbocycles. The second kappa shape index (κ2) is 23.5. The fourth-order valence-corrected chi connectivity index (χ4v) is 4.28. The van der Waals surface area contributed by atoms with E-state index in [1.54, 1.807) is 6.26 Å². The van der Waals surface area contributed by atoms with Crippen LogP contribution < -0.4 is 0 Å². The number of thiol groups is 1. The molecule has 0 radical (unpaired) electrons. The Morgan fingerprint density at radius 2 is 1.19 bits per heavy atom. The van der Waals surface area contributed by atoms with Gasteiger partial charge in [0.05, 0.1) is 52.5 Å². The first-order valence-electron chi connectivity index (χ1n) is 14.0. The molecule has 0 fully saturated rings. The summed E-state index contributed by atoms with van der Waals surface area (Å²) in [7, 11) is 0. The van der Waals surface area contributed by atoms with Crippen LogP contribution in [0.3, 0.4) is 0 Å². The monoisotopic (exact) mass is 532 g/mol. The van der Waals surface area contributed by atoms with Crippen LogP contribution in [0.5, 0.6) is 0 Å². The van der Waals surface area contributed by atoms with Crippen molar-refractivity contribution in [3.8, 4) is 0 Å². The second-order valence-electron chi connectivity index (χ2n) is 9.15. The van der Waals surface area contributed by atoms with Crippen molar-refractivity contribution in [2.75, 3.05) is 58.6 Å². The van der Waals surface area contributed by atoms with E-state index in [1.807, 2.05) is 24.3 Å². The van der Waals surface area contributed by atoms with Crippen molar-refractivity contribution >= 4 is 12.6 Å². The SMILES string of the molecule is SCCCCCCCCCCOCCOCCOCCOC/C=C/OC(c1ccccc1)C1C=CC=C1. The molecular formula is C31H48O5S. The number of rotatable bonds is 25. The summed E-state index contributed by atoms with van der Waals surface area (Å²) in [6.07, 6.45) is 22.4. The maximum atomic E-state index is 6.03. The number of allylic oxidation sites excluding steroid dienone is 2. The molecule has 1 aliphatic rings. The van der Waals surface area contributed by atoms with Crippen LogP contribution in [0.2, 0.25) is 0 Å². The Hall–Kier alpha value is -1.57. The van der Waals surface area contributed by atoms with E-state index in [9.17, 15) is 0 Å². The van der Waals surface area contributed by atoms with Gasteiger partial charge in [0.15, 0.2) is 0 Å². The van der Waals surface area contributed by atoms with Gasteiger partial charge in [-0.3, -0.25) is 0 Å². The largest absolute Gasteiger partial charge is 0.493 e. The third-order valence-corrected chi connectivity index (χ3v) is 6.42. The van der Waals surface area contributed by atoms with Gasteiger partial charge in [0, 0.05) is 12.5 Å². The van der Waals surface area contributed by atoms with Gasteiger partial charge in [-0.2, -0.15) is 12.6 Å². The quantitative estimate of drug-likeness (QED) is 0.0825. The Balaban J connectivity index is 1.32. The lowest BCUT2D eigenvalue weighted by Gasteiger charge is -2.21. The molecule has 0 saturated heterocycles. The molecule has 0 N–H and O–H groups in total. The minimum absolute atomic E-state index is 0.0332. The van der Waals surface area contributed by atoms with Gasteiger partial charge in [0.1, 0.15) is 6.10 Å². The highest BCUT2D eigenvalue weighted by molar-refractivity contribution is 7.80. The normalized spacial score (nSPS) is 14.2. The second-order valence-corrected chi connectivity index (χ2v) is 9.60. The zero-order chi connectivity index (χ0) is 26.1. The van der Waals surface area contributed by atoms with Crippen molar-refractivity contribution in [3.05, 3.63) is 72.5 Å². The van der Waals surface area contributed by atoms with Gasteiger partial charge in [-0.05, 0) is 30.2 Å². The summed E-state index contributed by atoms with van der Waals surface area (Å²) in [6.45, 7) is 4.83. The average Bonchev–Trinajstić information content (AvgIpc) is 3.46. The summed E-state index contributed by atoms with van der Waals surface area (Å²) < 4.78 is 28.4. The molecule has 6 heteroatoms. The van der Waals surface area contributed by atoms with E-state index in [1.165, 1.54) is 44.9 Å². The van der Waals surface area contributed by atoms with Gasteiger partial charge in [-0.15, -0.1) is 0 Å². The van der Waals surface area contributed by atoms with Gasteiger partial charge < -0.3 is 23.7 Å². The van der Waals surface area contributed by atoms with Crippen molar-refractivity contribution in [1.82, 2.24) is 0 Å². The van der Waals surface area contributed by atoms with Crippen molar-refractivity contribution in [1.29, 1.82) is 0 Å². The molecule has 5 nitrogen and oxygen atoms in total. The minimum Gasteiger partial charge on any atom is -0.493 e. The zero-order valence-corrected chi connectivity index (χ0v) is 23.4. The number of hydrogen-bond acceptors (Lipinski definition) is 6.